The molecular formula is C11H16N2O3. The first-order valence-electron chi connectivity index (χ1n) is 5.10. The average Bonchev–Trinajstić information content (AvgIpc) is 2.17. The number of likely N-dealkylation sites (N-methyl/N-ethyl adjacent to an activating group) is 1. The Hall–Kier alpha value is -1.62. The number of hydrogen-bond donors (Lipinski definition) is 2. The lowest BCUT2D eigenvalue weighted by Gasteiger charge is -2.25. The maximum Gasteiger partial charge on any atom is 0.325 e. The third-order valence-corrected chi connectivity index (χ3v) is 2.42. The van der Waals surface area contributed by atoms with Crippen LogP contribution in [0.2, 0.25) is 0 Å². The number of rotatable bonds is 5. The molecule has 0 saturated heterocycles. The quantitative estimate of drug-likeness (QED) is 0.695. The Bertz CT molecular complexity index is 347. The van der Waals surface area contributed by atoms with Crippen LogP contribution in [0.4, 0.5) is 0 Å². The maximum atomic E-state index is 11.2. The summed E-state index contributed by atoms with van der Waals surface area (Å²) in [6.45, 7) is -0.0673. The van der Waals surface area contributed by atoms with Crippen LogP contribution in [0.5, 0.6) is 0 Å². The summed E-state index contributed by atoms with van der Waals surface area (Å²) in [5.74, 6) is -1.50. The largest absolute Gasteiger partial charge is 0.480 e. The summed E-state index contributed by atoms with van der Waals surface area (Å²) in [4.78, 5) is 23.4. The first-order chi connectivity index (χ1) is 7.52. The highest BCUT2D eigenvalue weighted by molar-refractivity contribution is 5.81. The molecule has 1 aliphatic rings. The van der Waals surface area contributed by atoms with E-state index in [1.165, 1.54) is 4.90 Å². The second-order valence-electron chi connectivity index (χ2n) is 3.81. The third-order valence-electron chi connectivity index (χ3n) is 2.42. The van der Waals surface area contributed by atoms with E-state index in [-0.39, 0.29) is 6.54 Å². The van der Waals surface area contributed by atoms with Crippen molar-refractivity contribution < 1.29 is 14.7 Å². The molecule has 0 aliphatic heterocycles. The number of primary amides is 1. The van der Waals surface area contributed by atoms with Gasteiger partial charge in [0.15, 0.2) is 0 Å². The Morgan fingerprint density at radius 2 is 2.25 bits per heavy atom. The average molecular weight is 224 g/mol. The van der Waals surface area contributed by atoms with Crippen LogP contribution in [0.1, 0.15) is 12.8 Å². The van der Waals surface area contributed by atoms with E-state index in [2.05, 4.69) is 0 Å². The number of carboxylic acids is 1. The maximum absolute atomic E-state index is 11.2. The number of hydrogen-bond acceptors (Lipinski definition) is 3. The Morgan fingerprint density at radius 1 is 1.56 bits per heavy atom. The van der Waals surface area contributed by atoms with E-state index in [1.807, 2.05) is 12.2 Å². The van der Waals surface area contributed by atoms with E-state index < -0.39 is 17.9 Å². The van der Waals surface area contributed by atoms with Gasteiger partial charge < -0.3 is 10.8 Å². The Labute approximate surface area is 94.2 Å². The van der Waals surface area contributed by atoms with Gasteiger partial charge in [0.1, 0.15) is 6.04 Å². The number of amides is 1. The molecule has 1 amide bonds. The van der Waals surface area contributed by atoms with Gasteiger partial charge in [-0.05, 0) is 25.5 Å². The summed E-state index contributed by atoms with van der Waals surface area (Å²) >= 11 is 0. The molecule has 0 spiro atoms. The van der Waals surface area contributed by atoms with Crippen molar-refractivity contribution in [1.82, 2.24) is 4.90 Å². The first-order valence-corrected chi connectivity index (χ1v) is 5.10. The molecule has 0 saturated carbocycles. The third kappa shape index (κ3) is 3.20. The SMILES string of the molecule is CN(CC(N)=O)C(C(=O)O)C1=CCCC=C1. The summed E-state index contributed by atoms with van der Waals surface area (Å²) in [7, 11) is 1.58. The van der Waals surface area contributed by atoms with Crippen molar-refractivity contribution in [2.75, 3.05) is 13.6 Å². The minimum Gasteiger partial charge on any atom is -0.480 e. The molecule has 1 unspecified atom stereocenters. The zero-order valence-corrected chi connectivity index (χ0v) is 9.22. The van der Waals surface area contributed by atoms with E-state index in [1.54, 1.807) is 13.1 Å². The molecule has 0 radical (unpaired) electrons. The minimum absolute atomic E-state index is 0.0673. The van der Waals surface area contributed by atoms with Crippen LogP contribution in [-0.4, -0.2) is 41.5 Å². The van der Waals surface area contributed by atoms with E-state index in [0.717, 1.165) is 12.8 Å². The lowest BCUT2D eigenvalue weighted by atomic mass is 9.99. The monoisotopic (exact) mass is 224 g/mol. The van der Waals surface area contributed by atoms with Gasteiger partial charge in [0.05, 0.1) is 6.54 Å². The number of aliphatic carboxylic acids is 1. The van der Waals surface area contributed by atoms with Crippen LogP contribution in [-0.2, 0) is 9.59 Å². The van der Waals surface area contributed by atoms with Gasteiger partial charge >= 0.3 is 5.97 Å². The van der Waals surface area contributed by atoms with Crippen LogP contribution in [0.3, 0.4) is 0 Å². The molecule has 0 heterocycles. The van der Waals surface area contributed by atoms with Gasteiger partial charge in [0.25, 0.3) is 0 Å². The number of allylic oxidation sites excluding steroid dienone is 2. The second-order valence-corrected chi connectivity index (χ2v) is 3.81. The zero-order chi connectivity index (χ0) is 12.1. The number of carbonyl (C=O) groups excluding carboxylic acids is 1. The highest BCUT2D eigenvalue weighted by atomic mass is 16.4. The smallest absolute Gasteiger partial charge is 0.325 e. The van der Waals surface area contributed by atoms with Crippen LogP contribution in [0.25, 0.3) is 0 Å². The minimum atomic E-state index is -0.971. The second kappa shape index (κ2) is 5.46. The van der Waals surface area contributed by atoms with Gasteiger partial charge in [-0.25, -0.2) is 0 Å². The molecule has 1 atom stereocenters. The van der Waals surface area contributed by atoms with Crippen LogP contribution < -0.4 is 5.73 Å². The van der Waals surface area contributed by atoms with E-state index >= 15 is 0 Å². The molecule has 88 valence electrons. The van der Waals surface area contributed by atoms with Crippen LogP contribution in [0.15, 0.2) is 23.8 Å². The molecule has 16 heavy (non-hydrogen) atoms. The molecule has 0 aromatic rings. The fourth-order valence-corrected chi connectivity index (χ4v) is 1.76. The number of nitrogens with two attached hydrogens (primary N) is 1. The predicted octanol–water partition coefficient (Wildman–Crippen LogP) is 0.133. The highest BCUT2D eigenvalue weighted by Gasteiger charge is 2.26. The topological polar surface area (TPSA) is 83.6 Å². The summed E-state index contributed by atoms with van der Waals surface area (Å²) in [5, 5.41) is 9.14. The van der Waals surface area contributed by atoms with Gasteiger partial charge in [-0.3, -0.25) is 14.5 Å². The van der Waals surface area contributed by atoms with Gasteiger partial charge in [0, 0.05) is 0 Å². The lowest BCUT2D eigenvalue weighted by Crippen LogP contribution is -2.44. The molecular weight excluding hydrogens is 208 g/mol. The summed E-state index contributed by atoms with van der Waals surface area (Å²) < 4.78 is 0. The fraction of sp³-hybridized carbons (Fsp3) is 0.455. The van der Waals surface area contributed by atoms with Crippen LogP contribution in [0, 0.1) is 0 Å². The molecule has 0 aromatic heterocycles. The molecule has 3 N–H and O–H groups in total. The summed E-state index contributed by atoms with van der Waals surface area (Å²) in [6.07, 6.45) is 7.37. The van der Waals surface area contributed by atoms with Crippen molar-refractivity contribution in [3.63, 3.8) is 0 Å². The summed E-state index contributed by atoms with van der Waals surface area (Å²) in [6, 6.07) is -0.802. The standard InChI is InChI=1S/C11H16N2O3/c1-13(7-9(12)14)10(11(15)16)8-5-3-2-4-6-8/h3,5-6,10H,2,4,7H2,1H3,(H2,12,14)(H,15,16). The van der Waals surface area contributed by atoms with Crippen molar-refractivity contribution in [2.24, 2.45) is 5.73 Å². The van der Waals surface area contributed by atoms with Crippen molar-refractivity contribution in [3.05, 3.63) is 23.8 Å². The Balaban J connectivity index is 2.82. The zero-order valence-electron chi connectivity index (χ0n) is 9.22. The van der Waals surface area contributed by atoms with E-state index in [9.17, 15) is 9.59 Å². The molecule has 0 fully saturated rings. The van der Waals surface area contributed by atoms with Crippen molar-refractivity contribution in [3.8, 4) is 0 Å². The van der Waals surface area contributed by atoms with Gasteiger partial charge in [0.2, 0.25) is 5.91 Å². The molecule has 0 aromatic carbocycles. The van der Waals surface area contributed by atoms with Crippen molar-refractivity contribution in [2.45, 2.75) is 18.9 Å². The normalized spacial score (nSPS) is 17.0. The number of carboxylic acid groups (broad SMARTS) is 1. The van der Waals surface area contributed by atoms with Crippen LogP contribution >= 0.6 is 0 Å². The molecule has 5 nitrogen and oxygen atoms in total. The van der Waals surface area contributed by atoms with E-state index in [4.69, 9.17) is 10.8 Å². The van der Waals surface area contributed by atoms with Gasteiger partial charge in [-0.2, -0.15) is 0 Å². The lowest BCUT2D eigenvalue weighted by molar-refractivity contribution is -0.141. The first kappa shape index (κ1) is 12.4. The van der Waals surface area contributed by atoms with E-state index in [0.29, 0.717) is 5.57 Å². The fourth-order valence-electron chi connectivity index (χ4n) is 1.76. The predicted molar refractivity (Wildman–Crippen MR) is 59.7 cm³/mol. The highest BCUT2D eigenvalue weighted by Crippen LogP contribution is 2.17. The summed E-state index contributed by atoms with van der Waals surface area (Å²) in [5.41, 5.74) is 5.76. The molecule has 0 bridgehead atoms. The van der Waals surface area contributed by atoms with Crippen molar-refractivity contribution in [1.29, 1.82) is 0 Å². The Kier molecular flexibility index (Phi) is 4.25. The number of carbonyl (C=O) groups is 2. The molecule has 5 heteroatoms. The Morgan fingerprint density at radius 3 is 2.69 bits per heavy atom. The van der Waals surface area contributed by atoms with Gasteiger partial charge in [-0.15, -0.1) is 0 Å². The molecule has 1 rings (SSSR count). The number of nitrogens with zero attached hydrogens (tertiary/aromatic N) is 1. The van der Waals surface area contributed by atoms with Crippen molar-refractivity contribution >= 4 is 11.9 Å². The van der Waals surface area contributed by atoms with Gasteiger partial charge in [-0.1, -0.05) is 18.2 Å². The molecule has 1 aliphatic carbocycles.